The molecule has 3 atom stereocenters. The van der Waals surface area contributed by atoms with E-state index in [0.29, 0.717) is 19.3 Å². The molecule has 0 saturated carbocycles. The second-order valence-electron chi connectivity index (χ2n) is 19.4. The highest BCUT2D eigenvalue weighted by atomic mass is 31.2. The lowest BCUT2D eigenvalue weighted by Crippen LogP contribution is -2.30. The highest BCUT2D eigenvalue weighted by Gasteiger charge is 2.28. The van der Waals surface area contributed by atoms with Crippen LogP contribution in [0.1, 0.15) is 239 Å². The number of aliphatic hydroxyl groups excluding tert-OH is 1. The average molecular weight is 1080 g/mol. The summed E-state index contributed by atoms with van der Waals surface area (Å²) in [5.74, 6) is -1.54. The molecule has 0 aliphatic heterocycles. The number of hydrogen-bond donors (Lipinski definition) is 2. The number of esters is 3. The van der Waals surface area contributed by atoms with Gasteiger partial charge in [-0.05, 0) is 122 Å². The number of ether oxygens (including phenoxy) is 3. The van der Waals surface area contributed by atoms with E-state index in [2.05, 4.69) is 130 Å². The molecule has 0 amide bonds. The molecule has 3 unspecified atom stereocenters. The monoisotopic (exact) mass is 1080 g/mol. The molecule has 11 nitrogen and oxygen atoms in total. The smallest absolute Gasteiger partial charge is 0.462 e. The number of carbonyl (C=O) groups excluding carboxylic acids is 3. The Morgan fingerprint density at radius 1 is 0.382 bits per heavy atom. The highest BCUT2D eigenvalue weighted by Crippen LogP contribution is 2.43. The fourth-order valence-corrected chi connectivity index (χ4v) is 8.47. The van der Waals surface area contributed by atoms with E-state index in [-0.39, 0.29) is 25.9 Å². The summed E-state index contributed by atoms with van der Waals surface area (Å²) in [6.45, 7) is 4.35. The second-order valence-corrected chi connectivity index (χ2v) is 20.8. The van der Waals surface area contributed by atoms with Crippen molar-refractivity contribution in [1.29, 1.82) is 0 Å². The van der Waals surface area contributed by atoms with Crippen molar-refractivity contribution < 1.29 is 52.2 Å². The van der Waals surface area contributed by atoms with Gasteiger partial charge in [-0.25, -0.2) is 4.57 Å². The van der Waals surface area contributed by atoms with Crippen LogP contribution in [0, 0.1) is 0 Å². The third-order valence-corrected chi connectivity index (χ3v) is 13.1. The number of unbranched alkanes of at least 4 members (excludes halogenated alkanes) is 19. The lowest BCUT2D eigenvalue weighted by Gasteiger charge is -2.21. The van der Waals surface area contributed by atoms with Crippen LogP contribution < -0.4 is 0 Å². The molecule has 0 radical (unpaired) electrons. The van der Waals surface area contributed by atoms with Crippen LogP contribution in [-0.2, 0) is 42.2 Å². The quantitative estimate of drug-likeness (QED) is 0.0197. The van der Waals surface area contributed by atoms with Gasteiger partial charge in [-0.15, -0.1) is 0 Å². The van der Waals surface area contributed by atoms with Gasteiger partial charge in [-0.2, -0.15) is 0 Å². The first-order valence-electron chi connectivity index (χ1n) is 29.8. The molecule has 0 rings (SSSR count). The standard InChI is InChI=1S/C64H107O11P/c1-4-7-10-13-16-19-22-25-28-30-33-35-38-41-44-47-50-53-62(66)71-57-61(75-64(68)55-52-49-46-43-40-37-34-31-29-26-23-20-17-14-11-8-5-2)59-73-76(69,70)72-58-60(56-65)74-63(67)54-51-48-45-42-39-36-32-27-24-21-18-15-12-9-6-3/h7-8,10-11,16-17,19-20,25-29,32-35,37,60-61,65H,4-6,9,12-15,18,21-24,30-31,36,38-59H2,1-3H3,(H,69,70)/b10-7-,11-8-,19-16-,20-17-,28-25-,29-26-,32-27-,35-33-,37-34-. The van der Waals surface area contributed by atoms with Crippen LogP contribution in [0.5, 0.6) is 0 Å². The zero-order valence-corrected chi connectivity index (χ0v) is 48.8. The summed E-state index contributed by atoms with van der Waals surface area (Å²) < 4.78 is 39.5. The normalized spacial score (nSPS) is 14.1. The molecule has 0 aromatic rings. The van der Waals surface area contributed by atoms with Crippen molar-refractivity contribution in [3.63, 3.8) is 0 Å². The van der Waals surface area contributed by atoms with E-state index in [0.717, 1.165) is 141 Å². The predicted molar refractivity (Wildman–Crippen MR) is 316 cm³/mol. The number of rotatable bonds is 54. The fourth-order valence-electron chi connectivity index (χ4n) is 7.69. The van der Waals surface area contributed by atoms with Crippen LogP contribution in [0.25, 0.3) is 0 Å². The van der Waals surface area contributed by atoms with Crippen molar-refractivity contribution in [2.75, 3.05) is 26.4 Å². The van der Waals surface area contributed by atoms with Crippen molar-refractivity contribution >= 4 is 25.7 Å². The Hall–Kier alpha value is -3.86. The molecule has 0 heterocycles. The summed E-state index contributed by atoms with van der Waals surface area (Å²) in [6.07, 6.45) is 69.0. The molecule has 0 aromatic heterocycles. The van der Waals surface area contributed by atoms with Crippen LogP contribution in [0.4, 0.5) is 0 Å². The Morgan fingerprint density at radius 3 is 1.07 bits per heavy atom. The number of phosphoric acid groups is 1. The van der Waals surface area contributed by atoms with Gasteiger partial charge in [0.25, 0.3) is 0 Å². The maximum atomic E-state index is 12.9. The largest absolute Gasteiger partial charge is 0.472 e. The average Bonchev–Trinajstić information content (AvgIpc) is 3.41. The maximum Gasteiger partial charge on any atom is 0.472 e. The third-order valence-electron chi connectivity index (χ3n) is 12.2. The SMILES string of the molecule is CC/C=C\C/C=C\C/C=C\C/C=C\CCCCCCC(=O)OCC(COP(=O)(O)OCC(CO)OC(=O)CCCCCCC/C=C\CCCCCCCC)OC(=O)CCCCCC/C=C\C/C=C\C/C=C\C/C=C\CC. The molecule has 0 aliphatic carbocycles. The van der Waals surface area contributed by atoms with Gasteiger partial charge >= 0.3 is 25.7 Å². The summed E-state index contributed by atoms with van der Waals surface area (Å²) in [7, 11) is -4.77. The van der Waals surface area contributed by atoms with Crippen molar-refractivity contribution in [3.05, 3.63) is 109 Å². The molecule has 12 heteroatoms. The molecule has 0 saturated heterocycles. The van der Waals surface area contributed by atoms with Gasteiger partial charge < -0.3 is 24.2 Å². The molecule has 434 valence electrons. The third kappa shape index (κ3) is 54.9. The minimum absolute atomic E-state index is 0.128. The number of phosphoric ester groups is 1. The van der Waals surface area contributed by atoms with Crippen LogP contribution in [0.15, 0.2) is 109 Å². The molecule has 0 aliphatic rings. The zero-order chi connectivity index (χ0) is 55.5. The van der Waals surface area contributed by atoms with E-state index >= 15 is 0 Å². The first-order valence-corrected chi connectivity index (χ1v) is 31.3. The van der Waals surface area contributed by atoms with Crippen molar-refractivity contribution in [2.45, 2.75) is 251 Å². The Labute approximate surface area is 463 Å². The number of hydrogen-bond acceptors (Lipinski definition) is 10. The lowest BCUT2D eigenvalue weighted by atomic mass is 10.1. The highest BCUT2D eigenvalue weighted by molar-refractivity contribution is 7.47. The molecule has 0 aromatic carbocycles. The number of allylic oxidation sites excluding steroid dienone is 18. The Morgan fingerprint density at radius 2 is 0.684 bits per heavy atom. The summed E-state index contributed by atoms with van der Waals surface area (Å²) >= 11 is 0. The summed E-state index contributed by atoms with van der Waals surface area (Å²) in [5.41, 5.74) is 0. The lowest BCUT2D eigenvalue weighted by molar-refractivity contribution is -0.161. The van der Waals surface area contributed by atoms with E-state index in [1.165, 1.54) is 38.5 Å². The first-order chi connectivity index (χ1) is 37.2. The summed E-state index contributed by atoms with van der Waals surface area (Å²) in [6, 6.07) is 0. The van der Waals surface area contributed by atoms with E-state index in [1.54, 1.807) is 0 Å². The number of carbonyl (C=O) groups is 3. The van der Waals surface area contributed by atoms with E-state index in [4.69, 9.17) is 23.3 Å². The minimum atomic E-state index is -4.77. The van der Waals surface area contributed by atoms with E-state index < -0.39 is 57.8 Å². The van der Waals surface area contributed by atoms with Crippen molar-refractivity contribution in [2.24, 2.45) is 0 Å². The van der Waals surface area contributed by atoms with E-state index in [1.807, 2.05) is 0 Å². The van der Waals surface area contributed by atoms with Gasteiger partial charge in [0.1, 0.15) is 12.7 Å². The van der Waals surface area contributed by atoms with Gasteiger partial charge in [0, 0.05) is 19.3 Å². The Bertz CT molecular complexity index is 1690. The molecule has 0 spiro atoms. The van der Waals surface area contributed by atoms with Gasteiger partial charge in [0.2, 0.25) is 0 Å². The van der Waals surface area contributed by atoms with Crippen LogP contribution in [0.3, 0.4) is 0 Å². The molecular formula is C64H107O11P. The van der Waals surface area contributed by atoms with Crippen LogP contribution >= 0.6 is 7.82 Å². The summed E-state index contributed by atoms with van der Waals surface area (Å²) in [4.78, 5) is 48.6. The second kappa shape index (κ2) is 57.3. The van der Waals surface area contributed by atoms with Crippen LogP contribution in [-0.4, -0.2) is 66.5 Å². The molecule has 0 bridgehead atoms. The van der Waals surface area contributed by atoms with Crippen molar-refractivity contribution in [3.8, 4) is 0 Å². The van der Waals surface area contributed by atoms with Gasteiger partial charge in [0.05, 0.1) is 19.8 Å². The molecule has 76 heavy (non-hydrogen) atoms. The summed E-state index contributed by atoms with van der Waals surface area (Å²) in [5, 5.41) is 9.83. The van der Waals surface area contributed by atoms with Crippen LogP contribution in [0.2, 0.25) is 0 Å². The molecule has 0 fully saturated rings. The maximum absolute atomic E-state index is 12.9. The first kappa shape index (κ1) is 72.1. The topological polar surface area (TPSA) is 155 Å². The number of aliphatic hydroxyl groups is 1. The van der Waals surface area contributed by atoms with Gasteiger partial charge in [-0.3, -0.25) is 23.4 Å². The Kier molecular flexibility index (Phi) is 54.4. The van der Waals surface area contributed by atoms with Crippen molar-refractivity contribution in [1.82, 2.24) is 0 Å². The van der Waals surface area contributed by atoms with Gasteiger partial charge in [-0.1, -0.05) is 207 Å². The minimum Gasteiger partial charge on any atom is -0.462 e. The predicted octanol–water partition coefficient (Wildman–Crippen LogP) is 17.8. The fraction of sp³-hybridized carbons (Fsp3) is 0.672. The molecule has 2 N–H and O–H groups in total. The molecular weight excluding hydrogens is 976 g/mol. The van der Waals surface area contributed by atoms with E-state index in [9.17, 15) is 28.9 Å². The van der Waals surface area contributed by atoms with Gasteiger partial charge in [0.15, 0.2) is 6.10 Å². The Balaban J connectivity index is 4.82. The zero-order valence-electron chi connectivity index (χ0n) is 47.9.